The summed E-state index contributed by atoms with van der Waals surface area (Å²) in [7, 11) is -2.30. The van der Waals surface area contributed by atoms with Crippen LogP contribution >= 0.6 is 23.2 Å². The number of sulfonamides is 1. The van der Waals surface area contributed by atoms with E-state index in [4.69, 9.17) is 33.5 Å². The maximum absolute atomic E-state index is 11.5. The van der Waals surface area contributed by atoms with E-state index in [0.717, 1.165) is 6.26 Å². The van der Waals surface area contributed by atoms with Crippen molar-refractivity contribution in [3.8, 4) is 5.75 Å². The van der Waals surface area contributed by atoms with E-state index in [9.17, 15) is 13.2 Å². The maximum Gasteiger partial charge on any atom is 0.257 e. The molecule has 0 atom stereocenters. The number of benzene rings is 1. The van der Waals surface area contributed by atoms with Gasteiger partial charge in [-0.15, -0.1) is 0 Å². The van der Waals surface area contributed by atoms with Crippen LogP contribution in [0.4, 0.5) is 17.1 Å². The number of rotatable bonds is 6. The third-order valence-electron chi connectivity index (χ3n) is 2.22. The van der Waals surface area contributed by atoms with Crippen LogP contribution in [0.25, 0.3) is 10.4 Å². The van der Waals surface area contributed by atoms with Crippen LogP contribution in [-0.4, -0.2) is 32.5 Å². The first-order chi connectivity index (χ1) is 10.2. The van der Waals surface area contributed by atoms with Gasteiger partial charge in [0, 0.05) is 11.0 Å². The zero-order chi connectivity index (χ0) is 16.9. The predicted octanol–water partition coefficient (Wildman–Crippen LogP) is 2.75. The summed E-state index contributed by atoms with van der Waals surface area (Å²) in [5.74, 6) is -0.609. The third-order valence-corrected chi connectivity index (χ3v) is 3.21. The Kier molecular flexibility index (Phi) is 6.12. The molecule has 0 bridgehead atoms. The van der Waals surface area contributed by atoms with Gasteiger partial charge in [0.1, 0.15) is 5.75 Å². The number of ether oxygens (including phenoxy) is 1. The summed E-state index contributed by atoms with van der Waals surface area (Å²) in [5.41, 5.74) is 8.59. The molecule has 0 aliphatic rings. The van der Waals surface area contributed by atoms with Gasteiger partial charge in [-0.1, -0.05) is 28.3 Å². The molecule has 0 heterocycles. The second-order valence-corrected chi connectivity index (χ2v) is 6.77. The largest absolute Gasteiger partial charge is 0.494 e. The van der Waals surface area contributed by atoms with Crippen LogP contribution < -0.4 is 14.8 Å². The molecule has 120 valence electrons. The van der Waals surface area contributed by atoms with Gasteiger partial charge >= 0.3 is 0 Å². The van der Waals surface area contributed by atoms with Gasteiger partial charge < -0.3 is 10.1 Å². The van der Waals surface area contributed by atoms with Gasteiger partial charge in [-0.3, -0.25) is 9.52 Å². The number of alkyl halides is 2. The number of hydrogen-bond donors (Lipinski definition) is 2. The van der Waals surface area contributed by atoms with E-state index in [1.54, 1.807) is 0 Å². The van der Waals surface area contributed by atoms with Crippen molar-refractivity contribution in [2.24, 2.45) is 5.11 Å². The van der Waals surface area contributed by atoms with E-state index in [1.165, 1.54) is 19.2 Å². The third kappa shape index (κ3) is 5.15. The number of nitrogens with zero attached hydrogens (tertiary/aromatic N) is 3. The summed E-state index contributed by atoms with van der Waals surface area (Å²) < 4.78 is 29.9. The molecule has 0 spiro atoms. The number of carbonyl (C=O) groups is 1. The summed E-state index contributed by atoms with van der Waals surface area (Å²) in [6.45, 7) is 0. The van der Waals surface area contributed by atoms with Gasteiger partial charge in [0.25, 0.3) is 5.91 Å². The average molecular weight is 368 g/mol. The molecule has 0 unspecified atom stereocenters. The van der Waals surface area contributed by atoms with Gasteiger partial charge in [-0.25, -0.2) is 8.42 Å². The van der Waals surface area contributed by atoms with E-state index in [0.29, 0.717) is 0 Å². The van der Waals surface area contributed by atoms with Crippen molar-refractivity contribution in [1.82, 2.24) is 0 Å². The Bertz CT molecular complexity index is 731. The van der Waals surface area contributed by atoms with Gasteiger partial charge in [-0.2, -0.15) is 0 Å². The van der Waals surface area contributed by atoms with Crippen molar-refractivity contribution in [2.75, 3.05) is 23.4 Å². The van der Waals surface area contributed by atoms with Crippen molar-refractivity contribution in [3.63, 3.8) is 0 Å². The number of halogens is 2. The van der Waals surface area contributed by atoms with Gasteiger partial charge in [0.05, 0.1) is 30.4 Å². The molecule has 0 radical (unpaired) electrons. The normalized spacial score (nSPS) is 10.8. The van der Waals surface area contributed by atoms with Crippen LogP contribution in [0.3, 0.4) is 0 Å². The van der Waals surface area contributed by atoms with E-state index < -0.39 is 20.8 Å². The molecule has 0 saturated carbocycles. The molecule has 12 heteroatoms. The summed E-state index contributed by atoms with van der Waals surface area (Å²) in [5, 5.41) is 5.72. The first kappa shape index (κ1) is 18.2. The van der Waals surface area contributed by atoms with E-state index in [-0.39, 0.29) is 22.8 Å². The van der Waals surface area contributed by atoms with Crippen LogP contribution in [0.2, 0.25) is 0 Å². The summed E-state index contributed by atoms with van der Waals surface area (Å²) in [6, 6.07) is 2.47. The predicted molar refractivity (Wildman–Crippen MR) is 84.4 cm³/mol. The Morgan fingerprint density at radius 1 is 1.41 bits per heavy atom. The fourth-order valence-electron chi connectivity index (χ4n) is 1.43. The molecule has 9 nitrogen and oxygen atoms in total. The number of carbonyl (C=O) groups excluding carboxylic acids is 1. The van der Waals surface area contributed by atoms with Crippen LogP contribution in [0.5, 0.6) is 5.75 Å². The molecule has 0 saturated heterocycles. The quantitative estimate of drug-likeness (QED) is 0.346. The van der Waals surface area contributed by atoms with Gasteiger partial charge in [0.15, 0.2) is 4.84 Å². The highest BCUT2D eigenvalue weighted by atomic mass is 35.5. The van der Waals surface area contributed by atoms with Crippen LogP contribution in [0.15, 0.2) is 17.2 Å². The second kappa shape index (κ2) is 7.41. The highest BCUT2D eigenvalue weighted by molar-refractivity contribution is 7.92. The van der Waals surface area contributed by atoms with Crippen LogP contribution in [0.1, 0.15) is 0 Å². The van der Waals surface area contributed by atoms with Crippen molar-refractivity contribution >= 4 is 56.2 Å². The summed E-state index contributed by atoms with van der Waals surface area (Å²) >= 11 is 10.9. The van der Waals surface area contributed by atoms with E-state index in [1.807, 2.05) is 0 Å². The lowest BCUT2D eigenvalue weighted by Gasteiger charge is -2.15. The molecule has 1 aromatic carbocycles. The lowest BCUT2D eigenvalue weighted by molar-refractivity contribution is -0.114. The smallest absolute Gasteiger partial charge is 0.257 e. The zero-order valence-electron chi connectivity index (χ0n) is 11.4. The van der Waals surface area contributed by atoms with Crippen molar-refractivity contribution in [1.29, 1.82) is 0 Å². The monoisotopic (exact) mass is 367 g/mol. The molecule has 0 aromatic heterocycles. The van der Waals surface area contributed by atoms with E-state index in [2.05, 4.69) is 20.1 Å². The fraction of sp³-hybridized carbons (Fsp3) is 0.300. The molecule has 22 heavy (non-hydrogen) atoms. The van der Waals surface area contributed by atoms with E-state index >= 15 is 0 Å². The second-order valence-electron chi connectivity index (χ2n) is 3.92. The Hall–Kier alpha value is -1.87. The minimum Gasteiger partial charge on any atom is -0.494 e. The Labute approximate surface area is 136 Å². The lowest BCUT2D eigenvalue weighted by atomic mass is 10.2. The topological polar surface area (TPSA) is 133 Å². The average Bonchev–Trinajstić information content (AvgIpc) is 2.40. The first-order valence-corrected chi connectivity index (χ1v) is 8.28. The molecule has 1 amide bonds. The Morgan fingerprint density at radius 2 is 2.05 bits per heavy atom. The minimum atomic E-state index is -3.61. The highest BCUT2D eigenvalue weighted by Gasteiger charge is 2.17. The fourth-order valence-corrected chi connectivity index (χ4v) is 2.11. The molecular formula is C10H11Cl2N5O4S. The number of amides is 1. The number of azide groups is 1. The lowest BCUT2D eigenvalue weighted by Crippen LogP contribution is -2.19. The standard InChI is InChI=1S/C10H11Cl2N5O4S/c1-21-8-4-6(16-22(2,19)20)5(15-17-13)3-7(8)14-10(18)9(11)12/h3-4,9,16H,1-2H3,(H,14,18). The summed E-state index contributed by atoms with van der Waals surface area (Å²) in [6.07, 6.45) is 0.931. The van der Waals surface area contributed by atoms with Crippen molar-refractivity contribution in [3.05, 3.63) is 22.6 Å². The number of nitrogens with one attached hydrogen (secondary N) is 2. The molecule has 1 aromatic rings. The Balaban J connectivity index is 3.39. The molecular weight excluding hydrogens is 357 g/mol. The molecule has 0 aliphatic heterocycles. The number of hydrogen-bond acceptors (Lipinski definition) is 5. The number of methoxy groups -OCH3 is 1. The van der Waals surface area contributed by atoms with Crippen molar-refractivity contribution in [2.45, 2.75) is 4.84 Å². The summed E-state index contributed by atoms with van der Waals surface area (Å²) in [4.78, 5) is 12.8. The highest BCUT2D eigenvalue weighted by Crippen LogP contribution is 2.37. The Morgan fingerprint density at radius 3 is 2.50 bits per heavy atom. The minimum absolute atomic E-state index is 0.0107. The molecule has 1 rings (SSSR count). The van der Waals surface area contributed by atoms with Gasteiger partial charge in [0.2, 0.25) is 10.0 Å². The first-order valence-electron chi connectivity index (χ1n) is 5.52. The number of anilines is 2. The molecule has 0 fully saturated rings. The zero-order valence-corrected chi connectivity index (χ0v) is 13.7. The van der Waals surface area contributed by atoms with Crippen LogP contribution in [0, 0.1) is 0 Å². The van der Waals surface area contributed by atoms with Gasteiger partial charge in [-0.05, 0) is 11.6 Å². The molecule has 2 N–H and O–H groups in total. The van der Waals surface area contributed by atoms with Crippen molar-refractivity contribution < 1.29 is 17.9 Å². The van der Waals surface area contributed by atoms with Crippen LogP contribution in [-0.2, 0) is 14.8 Å². The molecule has 0 aliphatic carbocycles. The SMILES string of the molecule is COc1cc(NS(C)(=O)=O)c(N=[N+]=[N-])cc1NC(=O)C(Cl)Cl. The maximum atomic E-state index is 11.5.